The van der Waals surface area contributed by atoms with Gasteiger partial charge in [0.25, 0.3) is 0 Å². The van der Waals surface area contributed by atoms with Gasteiger partial charge in [-0.2, -0.15) is 0 Å². The highest BCUT2D eigenvalue weighted by Gasteiger charge is 2.31. The van der Waals surface area contributed by atoms with Crippen molar-refractivity contribution in [1.29, 1.82) is 0 Å². The Balaban J connectivity index is 1.67. The first-order valence-corrected chi connectivity index (χ1v) is 7.49. The first kappa shape index (κ1) is 13.9. The van der Waals surface area contributed by atoms with E-state index in [1.807, 2.05) is 53.6 Å². The molecule has 0 aliphatic carbocycles. The molecule has 1 aliphatic rings. The molecule has 3 N–H and O–H groups in total. The minimum Gasteiger partial charge on any atom is -0.363 e. The van der Waals surface area contributed by atoms with Gasteiger partial charge < -0.3 is 15.6 Å². The van der Waals surface area contributed by atoms with Gasteiger partial charge in [-0.05, 0) is 30.5 Å². The van der Waals surface area contributed by atoms with E-state index < -0.39 is 0 Å². The lowest BCUT2D eigenvalue weighted by Crippen LogP contribution is -2.33. The highest BCUT2D eigenvalue weighted by atomic mass is 16.2. The van der Waals surface area contributed by atoms with Crippen LogP contribution in [0.15, 0.2) is 48.7 Å². The number of carbonyl (C=O) groups excluding carboxylic acids is 1. The molecule has 21 heavy (non-hydrogen) atoms. The topological polar surface area (TPSA) is 62.1 Å². The quantitative estimate of drug-likeness (QED) is 0.906. The van der Waals surface area contributed by atoms with Gasteiger partial charge in [-0.1, -0.05) is 30.3 Å². The largest absolute Gasteiger partial charge is 0.363 e. The number of likely N-dealkylation sites (tertiary alicyclic amines) is 1. The third-order valence-electron chi connectivity index (χ3n) is 4.18. The second kappa shape index (κ2) is 6.14. The summed E-state index contributed by atoms with van der Waals surface area (Å²) in [6, 6.07) is 13.8. The predicted molar refractivity (Wildman–Crippen MR) is 82.5 cm³/mol. The Morgan fingerprint density at radius 1 is 1.29 bits per heavy atom. The second-order valence-corrected chi connectivity index (χ2v) is 5.59. The third-order valence-corrected chi connectivity index (χ3v) is 4.18. The fraction of sp³-hybridized carbons (Fsp3) is 0.353. The highest BCUT2D eigenvalue weighted by molar-refractivity contribution is 5.77. The monoisotopic (exact) mass is 283 g/mol. The van der Waals surface area contributed by atoms with Crippen molar-refractivity contribution < 1.29 is 4.79 Å². The number of benzene rings is 1. The average molecular weight is 283 g/mol. The summed E-state index contributed by atoms with van der Waals surface area (Å²) >= 11 is 0. The third kappa shape index (κ3) is 3.00. The number of rotatable bonds is 4. The maximum absolute atomic E-state index is 12.6. The second-order valence-electron chi connectivity index (χ2n) is 5.59. The average Bonchev–Trinajstić information content (AvgIpc) is 3.18. The molecule has 1 aliphatic heterocycles. The summed E-state index contributed by atoms with van der Waals surface area (Å²) in [5, 5.41) is 0. The molecule has 2 unspecified atom stereocenters. The van der Waals surface area contributed by atoms with Crippen LogP contribution in [-0.4, -0.2) is 22.3 Å². The molecule has 1 aromatic carbocycles. The van der Waals surface area contributed by atoms with Crippen LogP contribution in [0.5, 0.6) is 0 Å². The summed E-state index contributed by atoms with van der Waals surface area (Å²) in [5.41, 5.74) is 8.31. The minimum atomic E-state index is -0.233. The SMILES string of the molecule is NC(CC(=O)N1CCCC1c1ccc[nH]1)c1ccccc1. The van der Waals surface area contributed by atoms with Crippen LogP contribution in [0.25, 0.3) is 0 Å². The Bertz CT molecular complexity index is 579. The number of hydrogen-bond acceptors (Lipinski definition) is 2. The molecule has 0 bridgehead atoms. The summed E-state index contributed by atoms with van der Waals surface area (Å²) in [6.45, 7) is 0.823. The Morgan fingerprint density at radius 2 is 2.10 bits per heavy atom. The number of amides is 1. The van der Waals surface area contributed by atoms with Crippen molar-refractivity contribution in [3.8, 4) is 0 Å². The maximum Gasteiger partial charge on any atom is 0.225 e. The van der Waals surface area contributed by atoms with Crippen LogP contribution in [0, 0.1) is 0 Å². The molecule has 2 heterocycles. The number of aromatic amines is 1. The van der Waals surface area contributed by atoms with Crippen LogP contribution in [0.4, 0.5) is 0 Å². The molecule has 4 nitrogen and oxygen atoms in total. The number of nitrogens with zero attached hydrogens (tertiary/aromatic N) is 1. The van der Waals surface area contributed by atoms with Crippen molar-refractivity contribution in [1.82, 2.24) is 9.88 Å². The zero-order valence-electron chi connectivity index (χ0n) is 12.0. The van der Waals surface area contributed by atoms with Crippen molar-refractivity contribution in [2.75, 3.05) is 6.54 Å². The Morgan fingerprint density at radius 3 is 2.81 bits per heavy atom. The van der Waals surface area contributed by atoms with E-state index in [1.165, 1.54) is 0 Å². The van der Waals surface area contributed by atoms with E-state index in [9.17, 15) is 4.79 Å². The summed E-state index contributed by atoms with van der Waals surface area (Å²) < 4.78 is 0. The first-order valence-electron chi connectivity index (χ1n) is 7.49. The van der Waals surface area contributed by atoms with Crippen molar-refractivity contribution >= 4 is 5.91 Å². The number of nitrogens with one attached hydrogen (secondary N) is 1. The van der Waals surface area contributed by atoms with Gasteiger partial charge >= 0.3 is 0 Å². The van der Waals surface area contributed by atoms with E-state index >= 15 is 0 Å². The zero-order valence-corrected chi connectivity index (χ0v) is 12.0. The number of carbonyl (C=O) groups is 1. The molecule has 0 spiro atoms. The van der Waals surface area contributed by atoms with E-state index in [0.717, 1.165) is 30.6 Å². The van der Waals surface area contributed by atoms with Crippen molar-refractivity contribution in [3.63, 3.8) is 0 Å². The smallest absolute Gasteiger partial charge is 0.225 e. The fourth-order valence-corrected chi connectivity index (χ4v) is 3.06. The maximum atomic E-state index is 12.6. The lowest BCUT2D eigenvalue weighted by molar-refractivity contribution is -0.132. The van der Waals surface area contributed by atoms with Crippen LogP contribution < -0.4 is 5.73 Å². The first-order chi connectivity index (χ1) is 10.3. The lowest BCUT2D eigenvalue weighted by Gasteiger charge is -2.25. The molecule has 4 heteroatoms. The molecule has 1 saturated heterocycles. The van der Waals surface area contributed by atoms with Crippen LogP contribution in [0.3, 0.4) is 0 Å². The van der Waals surface area contributed by atoms with E-state index in [2.05, 4.69) is 4.98 Å². The summed E-state index contributed by atoms with van der Waals surface area (Å²) in [7, 11) is 0. The fourth-order valence-electron chi connectivity index (χ4n) is 3.06. The summed E-state index contributed by atoms with van der Waals surface area (Å²) in [5.74, 6) is 0.142. The van der Waals surface area contributed by atoms with Gasteiger partial charge in [-0.25, -0.2) is 0 Å². The number of aromatic nitrogens is 1. The molecule has 1 aromatic heterocycles. The number of nitrogens with two attached hydrogens (primary N) is 1. The van der Waals surface area contributed by atoms with Gasteiger partial charge in [0.2, 0.25) is 5.91 Å². The Kier molecular flexibility index (Phi) is 4.06. The Labute approximate surface area is 125 Å². The molecule has 3 rings (SSSR count). The highest BCUT2D eigenvalue weighted by Crippen LogP contribution is 2.32. The normalized spacial score (nSPS) is 19.7. The van der Waals surface area contributed by atoms with Crippen molar-refractivity contribution in [2.45, 2.75) is 31.3 Å². The molecule has 2 atom stereocenters. The molecule has 0 radical (unpaired) electrons. The molecule has 110 valence electrons. The summed E-state index contributed by atoms with van der Waals surface area (Å²) in [4.78, 5) is 17.8. The molecule has 1 amide bonds. The molecule has 2 aromatic rings. The van der Waals surface area contributed by atoms with E-state index in [4.69, 9.17) is 5.73 Å². The molecular formula is C17H21N3O. The summed E-state index contributed by atoms with van der Waals surface area (Å²) in [6.07, 6.45) is 4.34. The van der Waals surface area contributed by atoms with E-state index in [-0.39, 0.29) is 18.0 Å². The number of hydrogen-bond donors (Lipinski definition) is 2. The van der Waals surface area contributed by atoms with Crippen LogP contribution in [0.2, 0.25) is 0 Å². The van der Waals surface area contributed by atoms with Crippen molar-refractivity contribution in [3.05, 3.63) is 59.9 Å². The van der Waals surface area contributed by atoms with Crippen molar-refractivity contribution in [2.24, 2.45) is 5.73 Å². The van der Waals surface area contributed by atoms with Gasteiger partial charge in [0, 0.05) is 30.9 Å². The van der Waals surface area contributed by atoms with Gasteiger partial charge in [0.1, 0.15) is 0 Å². The van der Waals surface area contributed by atoms with Crippen LogP contribution in [-0.2, 0) is 4.79 Å². The van der Waals surface area contributed by atoms with Crippen LogP contribution in [0.1, 0.15) is 42.6 Å². The predicted octanol–water partition coefficient (Wildman–Crippen LogP) is 2.77. The van der Waals surface area contributed by atoms with Gasteiger partial charge in [-0.3, -0.25) is 4.79 Å². The molecular weight excluding hydrogens is 262 g/mol. The van der Waals surface area contributed by atoms with Crippen LogP contribution >= 0.6 is 0 Å². The van der Waals surface area contributed by atoms with E-state index in [0.29, 0.717) is 6.42 Å². The lowest BCUT2D eigenvalue weighted by atomic mass is 10.0. The molecule has 1 fully saturated rings. The minimum absolute atomic E-state index is 0.142. The zero-order chi connectivity index (χ0) is 14.7. The standard InChI is InChI=1S/C17H21N3O/c18-14(13-6-2-1-3-7-13)12-17(21)20-11-5-9-16(20)15-8-4-10-19-15/h1-4,6-8,10,14,16,19H,5,9,11-12,18H2. The van der Waals surface area contributed by atoms with Gasteiger partial charge in [0.05, 0.1) is 6.04 Å². The molecule has 0 saturated carbocycles. The van der Waals surface area contributed by atoms with Gasteiger partial charge in [-0.15, -0.1) is 0 Å². The van der Waals surface area contributed by atoms with Gasteiger partial charge in [0.15, 0.2) is 0 Å². The number of H-pyrrole nitrogens is 1. The Hall–Kier alpha value is -2.07. The van der Waals surface area contributed by atoms with E-state index in [1.54, 1.807) is 0 Å².